The van der Waals surface area contributed by atoms with Crippen LogP contribution in [0.2, 0.25) is 0 Å². The number of nitrogens with one attached hydrogen (secondary N) is 1. The van der Waals surface area contributed by atoms with Gasteiger partial charge < -0.3 is 9.50 Å². The molecule has 3 aromatic rings. The lowest BCUT2D eigenvalue weighted by molar-refractivity contribution is 0.0939. The fourth-order valence-electron chi connectivity index (χ4n) is 2.80. The van der Waals surface area contributed by atoms with Crippen molar-refractivity contribution in [3.05, 3.63) is 89.2 Å². The van der Waals surface area contributed by atoms with Gasteiger partial charge in [0.25, 0.3) is 5.91 Å². The first-order valence-corrected chi connectivity index (χ1v) is 10.5. The summed E-state index contributed by atoms with van der Waals surface area (Å²) in [6.07, 6.45) is 1.67. The van der Waals surface area contributed by atoms with E-state index < -0.39 is 10.1 Å². The maximum absolute atomic E-state index is 12.6. The van der Waals surface area contributed by atoms with E-state index in [-0.39, 0.29) is 22.6 Å². The normalized spacial score (nSPS) is 12.2. The molecule has 0 fully saturated rings. The van der Waals surface area contributed by atoms with Crippen LogP contribution in [0.15, 0.2) is 71.8 Å². The topological polar surface area (TPSA) is 85.4 Å². The van der Waals surface area contributed by atoms with Gasteiger partial charge in [0, 0.05) is 11.8 Å². The third kappa shape index (κ3) is 5.00. The van der Waals surface area contributed by atoms with E-state index in [1.807, 2.05) is 38.1 Å². The van der Waals surface area contributed by atoms with Crippen LogP contribution >= 0.6 is 0 Å². The molecule has 7 heteroatoms. The molecular formula is C22H22N2O4S. The molecule has 150 valence electrons. The number of amides is 1. The largest absolute Gasteiger partial charge is 0.379 e. The highest BCUT2D eigenvalue weighted by Gasteiger charge is 2.20. The first-order valence-electron chi connectivity index (χ1n) is 9.10. The molecule has 0 saturated carbocycles. The first kappa shape index (κ1) is 20.5. The molecule has 2 aromatic carbocycles. The first-order chi connectivity index (χ1) is 13.8. The highest BCUT2D eigenvalue weighted by Crippen LogP contribution is 2.23. The van der Waals surface area contributed by atoms with Gasteiger partial charge in [0.15, 0.2) is 0 Å². The molecular weight excluding hydrogens is 388 g/mol. The van der Waals surface area contributed by atoms with Gasteiger partial charge in [0.1, 0.15) is 10.6 Å². The predicted octanol–water partition coefficient (Wildman–Crippen LogP) is 3.96. The number of aryl methyl sites for hydroxylation is 2. The molecule has 0 aliphatic carbocycles. The fraction of sp³-hybridized carbons (Fsp3) is 0.182. The van der Waals surface area contributed by atoms with Crippen molar-refractivity contribution in [3.8, 4) is 5.75 Å². The van der Waals surface area contributed by atoms with Crippen LogP contribution in [0.5, 0.6) is 5.75 Å². The Labute approximate surface area is 170 Å². The minimum Gasteiger partial charge on any atom is -0.379 e. The molecule has 1 unspecified atom stereocenters. The van der Waals surface area contributed by atoms with Gasteiger partial charge in [-0.25, -0.2) is 0 Å². The van der Waals surface area contributed by atoms with Crippen LogP contribution in [0.25, 0.3) is 0 Å². The fourth-order valence-corrected chi connectivity index (χ4v) is 4.04. The van der Waals surface area contributed by atoms with Gasteiger partial charge in [-0.05, 0) is 74.4 Å². The van der Waals surface area contributed by atoms with Gasteiger partial charge in [-0.2, -0.15) is 8.42 Å². The summed E-state index contributed by atoms with van der Waals surface area (Å²) in [5, 5.41) is 2.86. The third-order valence-corrected chi connectivity index (χ3v) is 5.80. The van der Waals surface area contributed by atoms with Crippen molar-refractivity contribution in [1.82, 2.24) is 10.3 Å². The number of hydrogen-bond donors (Lipinski definition) is 1. The number of carbonyl (C=O) groups excluding carboxylic acids is 1. The second kappa shape index (κ2) is 8.45. The summed E-state index contributed by atoms with van der Waals surface area (Å²) in [5.41, 5.74) is 2.58. The average Bonchev–Trinajstić information content (AvgIpc) is 2.70. The molecule has 29 heavy (non-hydrogen) atoms. The van der Waals surface area contributed by atoms with E-state index in [9.17, 15) is 13.2 Å². The number of pyridine rings is 1. The van der Waals surface area contributed by atoms with Crippen LogP contribution in [0.4, 0.5) is 0 Å². The van der Waals surface area contributed by atoms with Crippen molar-refractivity contribution in [3.63, 3.8) is 0 Å². The average molecular weight is 410 g/mol. The van der Waals surface area contributed by atoms with Crippen molar-refractivity contribution in [2.45, 2.75) is 31.7 Å². The summed E-state index contributed by atoms with van der Waals surface area (Å²) in [5.74, 6) is -0.146. The quantitative estimate of drug-likeness (QED) is 0.622. The molecule has 0 spiro atoms. The van der Waals surface area contributed by atoms with E-state index in [0.29, 0.717) is 11.1 Å². The maximum atomic E-state index is 12.6. The maximum Gasteiger partial charge on any atom is 0.339 e. The van der Waals surface area contributed by atoms with Crippen LogP contribution in [-0.4, -0.2) is 19.3 Å². The summed E-state index contributed by atoms with van der Waals surface area (Å²) in [6, 6.07) is 16.4. The lowest BCUT2D eigenvalue weighted by Crippen LogP contribution is -2.27. The molecule has 1 atom stereocenters. The highest BCUT2D eigenvalue weighted by atomic mass is 32.2. The molecule has 1 aromatic heterocycles. The lowest BCUT2D eigenvalue weighted by atomic mass is 10.1. The molecule has 0 bridgehead atoms. The summed E-state index contributed by atoms with van der Waals surface area (Å²) < 4.78 is 30.4. The van der Waals surface area contributed by atoms with E-state index in [2.05, 4.69) is 10.3 Å². The van der Waals surface area contributed by atoms with E-state index >= 15 is 0 Å². The number of rotatable bonds is 6. The van der Waals surface area contributed by atoms with Crippen LogP contribution in [0, 0.1) is 13.8 Å². The molecule has 0 radical (unpaired) electrons. The zero-order chi connectivity index (χ0) is 21.0. The second-order valence-corrected chi connectivity index (χ2v) is 8.30. The van der Waals surface area contributed by atoms with Crippen molar-refractivity contribution < 1.29 is 17.4 Å². The van der Waals surface area contributed by atoms with Crippen LogP contribution in [-0.2, 0) is 10.1 Å². The van der Waals surface area contributed by atoms with Gasteiger partial charge in [-0.1, -0.05) is 18.2 Å². The van der Waals surface area contributed by atoms with Crippen molar-refractivity contribution in [1.29, 1.82) is 0 Å². The van der Waals surface area contributed by atoms with Gasteiger partial charge in [0.2, 0.25) is 0 Å². The SMILES string of the molecule is Cc1ccc(C)c(S(=O)(=O)Oc2ccc(C(=O)NC(C)c3ccccn3)cc2)c1. The Hall–Kier alpha value is -3.19. The Morgan fingerprint density at radius 1 is 1.03 bits per heavy atom. The van der Waals surface area contributed by atoms with E-state index in [1.165, 1.54) is 24.3 Å². The summed E-state index contributed by atoms with van der Waals surface area (Å²) >= 11 is 0. The van der Waals surface area contributed by atoms with Crippen LogP contribution in [0.1, 0.15) is 40.1 Å². The Morgan fingerprint density at radius 2 is 1.76 bits per heavy atom. The standard InChI is InChI=1S/C22H22N2O4S/c1-15-7-8-16(2)21(14-15)29(26,27)28-19-11-9-18(10-12-19)22(25)24-17(3)20-6-4-5-13-23-20/h4-14,17H,1-3H3,(H,24,25). The number of nitrogens with zero attached hydrogens (tertiary/aromatic N) is 1. The molecule has 1 amide bonds. The van der Waals surface area contributed by atoms with Crippen molar-refractivity contribution >= 4 is 16.0 Å². The molecule has 0 aliphatic rings. The monoisotopic (exact) mass is 410 g/mol. The molecule has 0 saturated heterocycles. The minimum atomic E-state index is -3.96. The molecule has 3 rings (SSSR count). The van der Waals surface area contributed by atoms with E-state index in [4.69, 9.17) is 4.18 Å². The summed E-state index contributed by atoms with van der Waals surface area (Å²) in [7, 11) is -3.96. The second-order valence-electron chi connectivity index (χ2n) is 6.78. The Balaban J connectivity index is 1.71. The van der Waals surface area contributed by atoms with Gasteiger partial charge in [-0.15, -0.1) is 0 Å². The Kier molecular flexibility index (Phi) is 5.98. The third-order valence-electron chi connectivity index (χ3n) is 4.41. The van der Waals surface area contributed by atoms with Gasteiger partial charge in [-0.3, -0.25) is 9.78 Å². The Bertz CT molecular complexity index is 1110. The van der Waals surface area contributed by atoms with Crippen molar-refractivity contribution in [2.75, 3.05) is 0 Å². The zero-order valence-corrected chi connectivity index (χ0v) is 17.2. The van der Waals surface area contributed by atoms with E-state index in [0.717, 1.165) is 11.3 Å². The molecule has 0 aliphatic heterocycles. The zero-order valence-electron chi connectivity index (χ0n) is 16.4. The number of benzene rings is 2. The number of aromatic nitrogens is 1. The van der Waals surface area contributed by atoms with Crippen LogP contribution in [0.3, 0.4) is 0 Å². The number of hydrogen-bond acceptors (Lipinski definition) is 5. The predicted molar refractivity (Wildman–Crippen MR) is 110 cm³/mol. The minimum absolute atomic E-state index is 0.128. The van der Waals surface area contributed by atoms with Crippen LogP contribution < -0.4 is 9.50 Å². The summed E-state index contributed by atoms with van der Waals surface area (Å²) in [6.45, 7) is 5.37. The molecule has 6 nitrogen and oxygen atoms in total. The highest BCUT2D eigenvalue weighted by molar-refractivity contribution is 7.87. The smallest absolute Gasteiger partial charge is 0.339 e. The molecule has 1 N–H and O–H groups in total. The summed E-state index contributed by atoms with van der Waals surface area (Å²) in [4.78, 5) is 16.8. The lowest BCUT2D eigenvalue weighted by Gasteiger charge is -2.14. The molecule has 1 heterocycles. The van der Waals surface area contributed by atoms with Gasteiger partial charge in [0.05, 0.1) is 11.7 Å². The number of carbonyl (C=O) groups is 1. The van der Waals surface area contributed by atoms with Crippen molar-refractivity contribution in [2.24, 2.45) is 0 Å². The Morgan fingerprint density at radius 3 is 2.41 bits per heavy atom. The van der Waals surface area contributed by atoms with Gasteiger partial charge >= 0.3 is 10.1 Å². The van der Waals surface area contributed by atoms with E-state index in [1.54, 1.807) is 25.3 Å².